The molecule has 0 saturated heterocycles. The highest BCUT2D eigenvalue weighted by Crippen LogP contribution is 2.40. The Morgan fingerprint density at radius 2 is 1.94 bits per heavy atom. The van der Waals surface area contributed by atoms with E-state index in [1.807, 2.05) is 61.5 Å². The van der Waals surface area contributed by atoms with Gasteiger partial charge in [-0.25, -0.2) is 9.58 Å². The summed E-state index contributed by atoms with van der Waals surface area (Å²) in [5, 5.41) is 10.2. The monoisotopic (exact) mass is 505 g/mol. The Balaban J connectivity index is 1.82. The van der Waals surface area contributed by atoms with E-state index in [2.05, 4.69) is 16.7 Å². The summed E-state index contributed by atoms with van der Waals surface area (Å²) < 4.78 is 3.21. The maximum Gasteiger partial charge on any atom is 0.325 e. The number of fused-ring (bicyclic) bond motifs is 3. The molecule has 1 unspecified atom stereocenters. The first-order chi connectivity index (χ1) is 16.9. The van der Waals surface area contributed by atoms with Crippen molar-refractivity contribution in [2.75, 3.05) is 10.7 Å². The van der Waals surface area contributed by atoms with Gasteiger partial charge in [-0.3, -0.25) is 14.6 Å². The molecule has 1 atom stereocenters. The van der Waals surface area contributed by atoms with Crippen molar-refractivity contribution in [3.63, 3.8) is 0 Å². The number of amides is 1. The van der Waals surface area contributed by atoms with Crippen LogP contribution in [0.3, 0.4) is 0 Å². The van der Waals surface area contributed by atoms with Crippen LogP contribution in [0.4, 0.5) is 5.69 Å². The fraction of sp³-hybridized carbons (Fsp3) is 0.160. The minimum Gasteiger partial charge on any atom is -0.291 e. The number of para-hydroxylation sites is 2. The molecule has 2 aromatic heterocycles. The van der Waals surface area contributed by atoms with Crippen molar-refractivity contribution in [2.24, 2.45) is 0 Å². The van der Waals surface area contributed by atoms with Crippen LogP contribution in [-0.4, -0.2) is 31.5 Å². The van der Waals surface area contributed by atoms with Crippen molar-refractivity contribution in [3.05, 3.63) is 94.0 Å². The minimum atomic E-state index is -0.812. The van der Waals surface area contributed by atoms with Gasteiger partial charge in [-0.1, -0.05) is 59.8 Å². The summed E-state index contributed by atoms with van der Waals surface area (Å²) in [4.78, 5) is 30.9. The molecule has 35 heavy (non-hydrogen) atoms. The van der Waals surface area contributed by atoms with Crippen LogP contribution < -0.4 is 15.1 Å². The lowest BCUT2D eigenvalue weighted by Gasteiger charge is -2.31. The van der Waals surface area contributed by atoms with Crippen LogP contribution in [0.5, 0.6) is 0 Å². The Hall–Kier alpha value is -3.69. The molecule has 8 nitrogen and oxygen atoms in total. The third-order valence-electron chi connectivity index (χ3n) is 5.74. The number of hydrogen-bond donors (Lipinski definition) is 1. The van der Waals surface area contributed by atoms with Crippen molar-refractivity contribution in [3.8, 4) is 16.9 Å². The summed E-state index contributed by atoms with van der Waals surface area (Å²) >= 11 is 8.28. The molecule has 1 aliphatic heterocycles. The molecule has 5 rings (SSSR count). The third kappa shape index (κ3) is 3.86. The van der Waals surface area contributed by atoms with E-state index >= 15 is 0 Å². The van der Waals surface area contributed by atoms with E-state index in [9.17, 15) is 9.59 Å². The Morgan fingerprint density at radius 1 is 1.23 bits per heavy atom. The average molecular weight is 506 g/mol. The van der Waals surface area contributed by atoms with Crippen LogP contribution in [0.1, 0.15) is 24.3 Å². The van der Waals surface area contributed by atoms with Gasteiger partial charge >= 0.3 is 11.3 Å². The standard InChI is InChI=1S/C25H21ClN6O2S/c1-4-14-35-25-27-23(34)21-18-12-8-9-13-19(18)30(16(3)33)24(32(21)29-25)20-15(2)28-31(22(20)26)17-10-6-5-7-11-17/h4-13,24H,1,14H2,2-3H3/p+1. The van der Waals surface area contributed by atoms with Crippen molar-refractivity contribution >= 4 is 35.0 Å². The first-order valence-corrected chi connectivity index (χ1v) is 12.3. The van der Waals surface area contributed by atoms with Crippen molar-refractivity contribution in [1.29, 1.82) is 0 Å². The number of rotatable bonds is 5. The van der Waals surface area contributed by atoms with Gasteiger partial charge in [0.1, 0.15) is 10.7 Å². The summed E-state index contributed by atoms with van der Waals surface area (Å²) in [5.74, 6) is 0.344. The number of halogens is 1. The van der Waals surface area contributed by atoms with Gasteiger partial charge in [-0.05, 0) is 35.9 Å². The second-order valence-corrected chi connectivity index (χ2v) is 9.34. The van der Waals surface area contributed by atoms with Crippen LogP contribution >= 0.6 is 23.4 Å². The zero-order valence-electron chi connectivity index (χ0n) is 19.1. The fourth-order valence-corrected chi connectivity index (χ4v) is 5.28. The van der Waals surface area contributed by atoms with Crippen LogP contribution in [0, 0.1) is 6.92 Å². The molecule has 0 radical (unpaired) electrons. The van der Waals surface area contributed by atoms with E-state index in [-0.39, 0.29) is 11.5 Å². The largest absolute Gasteiger partial charge is 0.325 e. The highest BCUT2D eigenvalue weighted by atomic mass is 35.5. The smallest absolute Gasteiger partial charge is 0.291 e. The molecular formula is C25H22ClN6O2S+. The molecule has 1 aliphatic rings. The molecule has 2 aromatic carbocycles. The predicted molar refractivity (Wildman–Crippen MR) is 136 cm³/mol. The number of anilines is 1. The van der Waals surface area contributed by atoms with E-state index in [1.54, 1.807) is 20.3 Å². The van der Waals surface area contributed by atoms with E-state index < -0.39 is 6.17 Å². The molecule has 1 N–H and O–H groups in total. The van der Waals surface area contributed by atoms with E-state index in [0.29, 0.717) is 44.3 Å². The number of benzene rings is 2. The number of nitrogens with zero attached hydrogens (tertiary/aromatic N) is 5. The molecule has 0 aliphatic carbocycles. The summed E-state index contributed by atoms with van der Waals surface area (Å²) in [7, 11) is 0. The van der Waals surface area contributed by atoms with Crippen LogP contribution in [0.25, 0.3) is 16.9 Å². The zero-order chi connectivity index (χ0) is 24.7. The number of thioether (sulfide) groups is 1. The van der Waals surface area contributed by atoms with E-state index in [4.69, 9.17) is 16.7 Å². The number of carbonyl (C=O) groups is 1. The highest BCUT2D eigenvalue weighted by Gasteiger charge is 2.47. The SMILES string of the molecule is C=CCSc1n[n+]2c(c(=O)[nH]1)-c1ccccc1N(C(C)=O)C2c1c(C)nn(-c2ccccc2)c1Cl. The molecular weight excluding hydrogens is 484 g/mol. The maximum atomic E-state index is 13.3. The van der Waals surface area contributed by atoms with Crippen molar-refractivity contribution in [2.45, 2.75) is 25.2 Å². The highest BCUT2D eigenvalue weighted by molar-refractivity contribution is 7.99. The summed E-state index contributed by atoms with van der Waals surface area (Å²) in [5.41, 5.74) is 3.23. The van der Waals surface area contributed by atoms with E-state index in [1.165, 1.54) is 18.7 Å². The number of carbonyl (C=O) groups excluding carboxylic acids is 1. The lowest BCUT2D eigenvalue weighted by molar-refractivity contribution is -0.763. The number of hydrogen-bond acceptors (Lipinski definition) is 5. The molecule has 3 heterocycles. The van der Waals surface area contributed by atoms with Gasteiger partial charge in [0, 0.05) is 17.8 Å². The number of aromatic nitrogens is 5. The number of aromatic amines is 1. The van der Waals surface area contributed by atoms with Gasteiger partial charge in [0.05, 0.1) is 22.6 Å². The number of nitrogens with one attached hydrogen (secondary N) is 1. The molecule has 1 amide bonds. The first-order valence-electron chi connectivity index (χ1n) is 10.9. The second-order valence-electron chi connectivity index (χ2n) is 7.97. The Bertz CT molecular complexity index is 1510. The summed E-state index contributed by atoms with van der Waals surface area (Å²) in [6, 6.07) is 16.8. The average Bonchev–Trinajstić information content (AvgIpc) is 3.15. The van der Waals surface area contributed by atoms with Gasteiger partial charge in [-0.2, -0.15) is 5.10 Å². The predicted octanol–water partition coefficient (Wildman–Crippen LogP) is 4.06. The molecule has 10 heteroatoms. The molecule has 0 spiro atoms. The Kier molecular flexibility index (Phi) is 6.04. The van der Waals surface area contributed by atoms with Crippen LogP contribution in [0.2, 0.25) is 5.15 Å². The van der Waals surface area contributed by atoms with Gasteiger partial charge in [0.25, 0.3) is 6.17 Å². The molecule has 0 saturated carbocycles. The number of H-pyrrole nitrogens is 1. The second kappa shape index (κ2) is 9.16. The Morgan fingerprint density at radius 3 is 2.66 bits per heavy atom. The fourth-order valence-electron chi connectivity index (χ4n) is 4.32. The zero-order valence-corrected chi connectivity index (χ0v) is 20.7. The number of aryl methyl sites for hydroxylation is 1. The van der Waals surface area contributed by atoms with Gasteiger partial charge in [0.2, 0.25) is 11.1 Å². The third-order valence-corrected chi connectivity index (χ3v) is 6.97. The van der Waals surface area contributed by atoms with Crippen LogP contribution in [0.15, 0.2) is 77.2 Å². The summed E-state index contributed by atoms with van der Waals surface area (Å²) in [6.07, 6.45) is 0.918. The quantitative estimate of drug-likeness (QED) is 0.251. The van der Waals surface area contributed by atoms with E-state index in [0.717, 1.165) is 5.69 Å². The summed E-state index contributed by atoms with van der Waals surface area (Å²) in [6.45, 7) is 7.06. The van der Waals surface area contributed by atoms with Gasteiger partial charge in [-0.15, -0.1) is 6.58 Å². The van der Waals surface area contributed by atoms with Gasteiger partial charge < -0.3 is 0 Å². The topological polar surface area (TPSA) is 87.8 Å². The molecule has 176 valence electrons. The first kappa shape index (κ1) is 23.1. The normalized spacial score (nSPS) is 14.4. The van der Waals surface area contributed by atoms with Crippen molar-refractivity contribution in [1.82, 2.24) is 19.9 Å². The lowest BCUT2D eigenvalue weighted by Crippen LogP contribution is -2.60. The molecule has 0 fully saturated rings. The molecule has 4 aromatic rings. The lowest BCUT2D eigenvalue weighted by atomic mass is 10.0. The van der Waals surface area contributed by atoms with Crippen molar-refractivity contribution < 1.29 is 9.48 Å². The Labute approximate surface area is 210 Å². The molecule has 0 bridgehead atoms. The van der Waals surface area contributed by atoms with Gasteiger partial charge in [0.15, 0.2) is 0 Å². The maximum absolute atomic E-state index is 13.3. The minimum absolute atomic E-state index is 0.217. The van der Waals surface area contributed by atoms with Crippen LogP contribution in [-0.2, 0) is 4.79 Å².